The number of rotatable bonds is 5. The lowest BCUT2D eigenvalue weighted by molar-refractivity contribution is -0.118. The Balaban J connectivity index is 1.90. The van der Waals surface area contributed by atoms with Gasteiger partial charge in [0.25, 0.3) is 0 Å². The van der Waals surface area contributed by atoms with E-state index in [0.717, 1.165) is 41.8 Å². The molecule has 0 spiro atoms. The molecule has 4 heteroatoms. The summed E-state index contributed by atoms with van der Waals surface area (Å²) in [6.45, 7) is 4.22. The molecule has 1 aromatic heterocycles. The van der Waals surface area contributed by atoms with E-state index in [-0.39, 0.29) is 17.7 Å². The van der Waals surface area contributed by atoms with Crippen LogP contribution in [0.3, 0.4) is 0 Å². The zero-order valence-corrected chi connectivity index (χ0v) is 15.7. The number of nitrogens with one attached hydrogen (secondary N) is 1. The Morgan fingerprint density at radius 1 is 1.28 bits per heavy atom. The minimum atomic E-state index is -0.197. The molecule has 130 valence electrons. The number of nitriles is 1. The molecule has 3 nitrogen and oxygen atoms in total. The Labute approximate surface area is 153 Å². The Bertz CT molecular complexity index is 788. The van der Waals surface area contributed by atoms with E-state index in [2.05, 4.69) is 25.2 Å². The van der Waals surface area contributed by atoms with Crippen LogP contribution in [0.15, 0.2) is 30.3 Å². The lowest BCUT2D eigenvalue weighted by Crippen LogP contribution is -2.26. The average molecular weight is 353 g/mol. The van der Waals surface area contributed by atoms with Gasteiger partial charge in [0.2, 0.25) is 5.91 Å². The summed E-state index contributed by atoms with van der Waals surface area (Å²) in [5.74, 6) is 0.0371. The summed E-state index contributed by atoms with van der Waals surface area (Å²) in [4.78, 5) is 14.4. The molecule has 0 aliphatic heterocycles. The Morgan fingerprint density at radius 2 is 2.00 bits per heavy atom. The molecule has 2 unspecified atom stereocenters. The highest BCUT2D eigenvalue weighted by molar-refractivity contribution is 7.16. The van der Waals surface area contributed by atoms with Crippen molar-refractivity contribution >= 4 is 22.2 Å². The molecule has 0 saturated carbocycles. The highest BCUT2D eigenvalue weighted by Gasteiger charge is 2.28. The van der Waals surface area contributed by atoms with Gasteiger partial charge in [0.05, 0.1) is 11.5 Å². The monoisotopic (exact) mass is 352 g/mol. The van der Waals surface area contributed by atoms with Crippen molar-refractivity contribution < 1.29 is 4.79 Å². The number of aryl methyl sites for hydroxylation is 1. The van der Waals surface area contributed by atoms with E-state index in [1.54, 1.807) is 11.3 Å². The van der Waals surface area contributed by atoms with Crippen molar-refractivity contribution in [1.29, 1.82) is 5.26 Å². The summed E-state index contributed by atoms with van der Waals surface area (Å²) in [6.07, 6.45) is 5.21. The van der Waals surface area contributed by atoms with Gasteiger partial charge in [0.15, 0.2) is 0 Å². The van der Waals surface area contributed by atoms with Gasteiger partial charge in [-0.05, 0) is 42.7 Å². The van der Waals surface area contributed by atoms with Crippen LogP contribution >= 0.6 is 11.3 Å². The van der Waals surface area contributed by atoms with Crippen molar-refractivity contribution in [2.45, 2.75) is 51.9 Å². The minimum Gasteiger partial charge on any atom is -0.316 e. The molecule has 25 heavy (non-hydrogen) atoms. The molecule has 2 aromatic rings. The molecule has 0 bridgehead atoms. The predicted molar refractivity (Wildman–Crippen MR) is 103 cm³/mol. The summed E-state index contributed by atoms with van der Waals surface area (Å²) < 4.78 is 0. The number of carbonyl (C=O) groups excluding carboxylic acids is 1. The second-order valence-corrected chi connectivity index (χ2v) is 7.90. The van der Waals surface area contributed by atoms with Crippen molar-refractivity contribution in [3.05, 3.63) is 51.9 Å². The maximum Gasteiger partial charge on any atom is 0.232 e. The predicted octanol–water partition coefficient (Wildman–Crippen LogP) is 5.27. The highest BCUT2D eigenvalue weighted by Crippen LogP contribution is 2.38. The first-order valence-electron chi connectivity index (χ1n) is 9.06. The van der Waals surface area contributed by atoms with Gasteiger partial charge in [-0.15, -0.1) is 11.3 Å². The van der Waals surface area contributed by atoms with Crippen LogP contribution in [0.2, 0.25) is 0 Å². The molecule has 0 saturated heterocycles. The molecule has 1 aromatic carbocycles. The number of thiophene rings is 1. The number of benzene rings is 1. The standard InChI is InChI=1S/C21H24N2OS/c1-3-14(2)19(15-9-5-4-6-10-15)20(24)23-21-17(13-22)16-11-7-8-12-18(16)25-21/h4-6,9-10,14,19H,3,7-8,11-12H2,1-2H3,(H,23,24). The SMILES string of the molecule is CCC(C)C(C(=O)Nc1sc2c(c1C#N)CCCC2)c1ccccc1. The van der Waals surface area contributed by atoms with Crippen LogP contribution in [0, 0.1) is 17.2 Å². The first-order valence-corrected chi connectivity index (χ1v) is 9.87. The zero-order valence-electron chi connectivity index (χ0n) is 14.8. The first kappa shape index (κ1) is 17.7. The minimum absolute atomic E-state index is 0.00403. The van der Waals surface area contributed by atoms with E-state index in [4.69, 9.17) is 0 Å². The van der Waals surface area contributed by atoms with Crippen molar-refractivity contribution in [2.24, 2.45) is 5.92 Å². The summed E-state index contributed by atoms with van der Waals surface area (Å²) in [5.41, 5.74) is 2.88. The lowest BCUT2D eigenvalue weighted by Gasteiger charge is -2.22. The van der Waals surface area contributed by atoms with Gasteiger partial charge in [0.1, 0.15) is 11.1 Å². The smallest absolute Gasteiger partial charge is 0.232 e. The molecule has 2 atom stereocenters. The summed E-state index contributed by atoms with van der Waals surface area (Å²) in [7, 11) is 0. The number of amides is 1. The van der Waals surface area contributed by atoms with Crippen molar-refractivity contribution in [3.8, 4) is 6.07 Å². The third kappa shape index (κ3) is 3.62. The average Bonchev–Trinajstić information content (AvgIpc) is 2.99. The Hall–Kier alpha value is -2.12. The molecule has 1 N–H and O–H groups in total. The van der Waals surface area contributed by atoms with Crippen LogP contribution in [-0.2, 0) is 17.6 Å². The van der Waals surface area contributed by atoms with Gasteiger partial charge < -0.3 is 5.32 Å². The van der Waals surface area contributed by atoms with Gasteiger partial charge in [-0.2, -0.15) is 5.26 Å². The number of hydrogen-bond donors (Lipinski definition) is 1. The number of nitrogens with zero attached hydrogens (tertiary/aromatic N) is 1. The number of carbonyl (C=O) groups is 1. The van der Waals surface area contributed by atoms with E-state index in [0.29, 0.717) is 5.56 Å². The van der Waals surface area contributed by atoms with E-state index >= 15 is 0 Å². The molecule has 0 fully saturated rings. The normalized spacial score (nSPS) is 15.7. The highest BCUT2D eigenvalue weighted by atomic mass is 32.1. The number of hydrogen-bond acceptors (Lipinski definition) is 3. The van der Waals surface area contributed by atoms with Crippen molar-refractivity contribution in [1.82, 2.24) is 0 Å². The van der Waals surface area contributed by atoms with Crippen LogP contribution in [0.5, 0.6) is 0 Å². The first-order chi connectivity index (χ1) is 12.2. The molecule has 3 rings (SSSR count). The molecular weight excluding hydrogens is 328 g/mol. The van der Waals surface area contributed by atoms with Gasteiger partial charge in [-0.25, -0.2) is 0 Å². The lowest BCUT2D eigenvalue weighted by atomic mass is 9.85. The molecule has 1 aliphatic rings. The number of fused-ring (bicyclic) bond motifs is 1. The van der Waals surface area contributed by atoms with E-state index in [1.807, 2.05) is 30.3 Å². The fraction of sp³-hybridized carbons (Fsp3) is 0.429. The molecule has 1 aliphatic carbocycles. The fourth-order valence-electron chi connectivity index (χ4n) is 3.60. The topological polar surface area (TPSA) is 52.9 Å². The summed E-state index contributed by atoms with van der Waals surface area (Å²) >= 11 is 1.59. The van der Waals surface area contributed by atoms with Crippen molar-refractivity contribution in [2.75, 3.05) is 5.32 Å². The van der Waals surface area contributed by atoms with E-state index < -0.39 is 0 Å². The van der Waals surface area contributed by atoms with Crippen molar-refractivity contribution in [3.63, 3.8) is 0 Å². The molecular formula is C21H24N2OS. The maximum atomic E-state index is 13.1. The Morgan fingerprint density at radius 3 is 2.68 bits per heavy atom. The Kier molecular flexibility index (Phi) is 5.55. The summed E-state index contributed by atoms with van der Waals surface area (Å²) in [6, 6.07) is 12.3. The fourth-order valence-corrected chi connectivity index (χ4v) is 4.84. The van der Waals surface area contributed by atoms with Crippen LogP contribution in [0.1, 0.15) is 60.6 Å². The number of anilines is 1. The maximum absolute atomic E-state index is 13.1. The zero-order chi connectivity index (χ0) is 17.8. The van der Waals surface area contributed by atoms with Gasteiger partial charge in [-0.1, -0.05) is 50.6 Å². The van der Waals surface area contributed by atoms with Crippen LogP contribution in [0.4, 0.5) is 5.00 Å². The van der Waals surface area contributed by atoms with E-state index in [9.17, 15) is 10.1 Å². The molecule has 1 heterocycles. The molecule has 1 amide bonds. The third-order valence-electron chi connectivity index (χ3n) is 5.17. The summed E-state index contributed by atoms with van der Waals surface area (Å²) in [5, 5.41) is 13.4. The van der Waals surface area contributed by atoms with Crippen LogP contribution in [0.25, 0.3) is 0 Å². The van der Waals surface area contributed by atoms with Crippen LogP contribution in [-0.4, -0.2) is 5.91 Å². The largest absolute Gasteiger partial charge is 0.316 e. The van der Waals surface area contributed by atoms with Gasteiger partial charge in [0, 0.05) is 4.88 Å². The second kappa shape index (κ2) is 7.84. The van der Waals surface area contributed by atoms with Gasteiger partial charge in [-0.3, -0.25) is 4.79 Å². The third-order valence-corrected chi connectivity index (χ3v) is 6.38. The van der Waals surface area contributed by atoms with Gasteiger partial charge >= 0.3 is 0 Å². The second-order valence-electron chi connectivity index (χ2n) is 6.79. The van der Waals surface area contributed by atoms with E-state index in [1.165, 1.54) is 11.3 Å². The molecule has 0 radical (unpaired) electrons. The van der Waals surface area contributed by atoms with Crippen LogP contribution < -0.4 is 5.32 Å². The quantitative estimate of drug-likeness (QED) is 0.797.